The molecule has 0 amide bonds. The van der Waals surface area contributed by atoms with E-state index >= 15 is 0 Å². The van der Waals surface area contributed by atoms with Gasteiger partial charge in [-0.3, -0.25) is 0 Å². The highest BCUT2D eigenvalue weighted by Crippen LogP contribution is 2.32. The minimum Gasteiger partial charge on any atom is -0.497 e. The lowest BCUT2D eigenvalue weighted by atomic mass is 9.98. The van der Waals surface area contributed by atoms with Crippen LogP contribution >= 0.6 is 0 Å². The maximum atomic E-state index is 13.6. The average Bonchev–Trinajstić information content (AvgIpc) is 2.61. The Kier molecular flexibility index (Phi) is 4.44. The van der Waals surface area contributed by atoms with Crippen LogP contribution in [0, 0.1) is 5.82 Å². The number of nitrogens with zero attached hydrogens (tertiary/aromatic N) is 1. The number of aromatic nitrogens is 1. The predicted molar refractivity (Wildman–Crippen MR) is 93.9 cm³/mol. The molecule has 0 saturated heterocycles. The van der Waals surface area contributed by atoms with Crippen LogP contribution in [0.3, 0.4) is 0 Å². The smallest absolute Gasteiger partial charge is 0.129 e. The van der Waals surface area contributed by atoms with Gasteiger partial charge in [-0.05, 0) is 53.6 Å². The lowest BCUT2D eigenvalue weighted by Crippen LogP contribution is -2.07. The summed E-state index contributed by atoms with van der Waals surface area (Å²) in [5, 5.41) is 0. The summed E-state index contributed by atoms with van der Waals surface area (Å²) in [4.78, 5) is 4.44. The molecule has 5 heteroatoms. The van der Waals surface area contributed by atoms with Crippen molar-refractivity contribution >= 4 is 5.82 Å². The van der Waals surface area contributed by atoms with Crippen LogP contribution in [0.2, 0.25) is 0 Å². The van der Waals surface area contributed by atoms with E-state index in [1.54, 1.807) is 13.2 Å². The maximum absolute atomic E-state index is 13.6. The van der Waals surface area contributed by atoms with Crippen molar-refractivity contribution in [3.63, 3.8) is 0 Å². The lowest BCUT2D eigenvalue weighted by molar-refractivity contribution is 0.415. The Morgan fingerprint density at radius 1 is 1.04 bits per heavy atom. The second-order valence-corrected chi connectivity index (χ2v) is 5.36. The molecule has 0 fully saturated rings. The van der Waals surface area contributed by atoms with Gasteiger partial charge in [0.25, 0.3) is 0 Å². The SMILES string of the molecule is COc1ccc(-c2cc(-c3cccc(F)c3)c(CN)c(N)n2)cc1. The number of halogens is 1. The standard InChI is InChI=1S/C19H18FN3O/c1-24-15-7-5-12(6-8-15)18-10-16(17(11-21)19(22)23-18)13-3-2-4-14(20)9-13/h2-10H,11,21H2,1H3,(H2,22,23). The fraction of sp³-hybridized carbons (Fsp3) is 0.105. The van der Waals surface area contributed by atoms with Gasteiger partial charge in [0.2, 0.25) is 0 Å². The molecule has 4 N–H and O–H groups in total. The van der Waals surface area contributed by atoms with Gasteiger partial charge in [0.15, 0.2) is 0 Å². The van der Waals surface area contributed by atoms with Gasteiger partial charge >= 0.3 is 0 Å². The lowest BCUT2D eigenvalue weighted by Gasteiger charge is -2.13. The van der Waals surface area contributed by atoms with Gasteiger partial charge in [-0.25, -0.2) is 9.37 Å². The largest absolute Gasteiger partial charge is 0.497 e. The Bertz CT molecular complexity index is 863. The first-order chi connectivity index (χ1) is 11.6. The van der Waals surface area contributed by atoms with E-state index in [1.165, 1.54) is 12.1 Å². The van der Waals surface area contributed by atoms with E-state index in [9.17, 15) is 4.39 Å². The number of rotatable bonds is 4. The van der Waals surface area contributed by atoms with Crippen molar-refractivity contribution < 1.29 is 9.13 Å². The van der Waals surface area contributed by atoms with Crippen molar-refractivity contribution in [2.75, 3.05) is 12.8 Å². The minimum absolute atomic E-state index is 0.230. The molecular formula is C19H18FN3O. The van der Waals surface area contributed by atoms with E-state index in [0.717, 1.165) is 22.4 Å². The molecule has 3 rings (SSSR count). The predicted octanol–water partition coefficient (Wildman–Crippen LogP) is 3.60. The third kappa shape index (κ3) is 3.07. The zero-order chi connectivity index (χ0) is 17.1. The Morgan fingerprint density at radius 2 is 1.79 bits per heavy atom. The fourth-order valence-electron chi connectivity index (χ4n) is 2.63. The zero-order valence-electron chi connectivity index (χ0n) is 13.3. The van der Waals surface area contributed by atoms with Gasteiger partial charge in [-0.1, -0.05) is 12.1 Å². The Balaban J connectivity index is 2.15. The normalized spacial score (nSPS) is 10.6. The summed E-state index contributed by atoms with van der Waals surface area (Å²) in [5.41, 5.74) is 15.7. The molecule has 122 valence electrons. The fourth-order valence-corrected chi connectivity index (χ4v) is 2.63. The molecule has 0 radical (unpaired) electrons. The minimum atomic E-state index is -0.308. The molecule has 4 nitrogen and oxygen atoms in total. The van der Waals surface area contributed by atoms with Gasteiger partial charge in [0, 0.05) is 17.7 Å². The molecule has 2 aromatic carbocycles. The van der Waals surface area contributed by atoms with Crippen LogP contribution < -0.4 is 16.2 Å². The van der Waals surface area contributed by atoms with Crippen molar-refractivity contribution in [2.24, 2.45) is 5.73 Å². The van der Waals surface area contributed by atoms with Crippen LogP contribution in [-0.4, -0.2) is 12.1 Å². The van der Waals surface area contributed by atoms with Crippen LogP contribution in [0.1, 0.15) is 5.56 Å². The summed E-state index contributed by atoms with van der Waals surface area (Å²) in [6.45, 7) is 0.230. The van der Waals surface area contributed by atoms with Crippen molar-refractivity contribution in [1.82, 2.24) is 4.98 Å². The number of anilines is 1. The van der Waals surface area contributed by atoms with Gasteiger partial charge < -0.3 is 16.2 Å². The van der Waals surface area contributed by atoms with E-state index < -0.39 is 0 Å². The number of hydrogen-bond acceptors (Lipinski definition) is 4. The molecule has 24 heavy (non-hydrogen) atoms. The van der Waals surface area contributed by atoms with Crippen molar-refractivity contribution in [2.45, 2.75) is 6.54 Å². The number of pyridine rings is 1. The van der Waals surface area contributed by atoms with E-state index in [1.807, 2.05) is 36.4 Å². The van der Waals surface area contributed by atoms with E-state index in [-0.39, 0.29) is 12.4 Å². The first-order valence-electron chi connectivity index (χ1n) is 7.52. The number of benzene rings is 2. The second kappa shape index (κ2) is 6.68. The summed E-state index contributed by atoms with van der Waals surface area (Å²) in [5.74, 6) is 0.803. The van der Waals surface area contributed by atoms with Crippen LogP contribution in [-0.2, 0) is 6.54 Å². The van der Waals surface area contributed by atoms with Gasteiger partial charge in [-0.2, -0.15) is 0 Å². The summed E-state index contributed by atoms with van der Waals surface area (Å²) < 4.78 is 18.8. The molecule has 0 bridgehead atoms. The zero-order valence-corrected chi connectivity index (χ0v) is 13.3. The van der Waals surface area contributed by atoms with Crippen LogP contribution in [0.5, 0.6) is 5.75 Å². The highest BCUT2D eigenvalue weighted by Gasteiger charge is 2.13. The molecule has 3 aromatic rings. The first kappa shape index (κ1) is 16.0. The van der Waals surface area contributed by atoms with Gasteiger partial charge in [0.05, 0.1) is 12.8 Å². The van der Waals surface area contributed by atoms with Gasteiger partial charge in [0.1, 0.15) is 17.4 Å². The highest BCUT2D eigenvalue weighted by molar-refractivity contribution is 5.77. The summed E-state index contributed by atoms with van der Waals surface area (Å²) in [7, 11) is 1.61. The molecule has 1 aromatic heterocycles. The molecule has 0 atom stereocenters. The molecule has 0 aliphatic carbocycles. The molecule has 0 spiro atoms. The molecule has 1 heterocycles. The maximum Gasteiger partial charge on any atom is 0.129 e. The number of methoxy groups -OCH3 is 1. The Hall–Kier alpha value is -2.92. The van der Waals surface area contributed by atoms with Gasteiger partial charge in [-0.15, -0.1) is 0 Å². The van der Waals surface area contributed by atoms with Crippen molar-refractivity contribution in [1.29, 1.82) is 0 Å². The molecular weight excluding hydrogens is 305 g/mol. The van der Waals surface area contributed by atoms with Crippen LogP contribution in [0.25, 0.3) is 22.4 Å². The Labute approximate surface area is 139 Å². The summed E-state index contributed by atoms with van der Waals surface area (Å²) in [6.07, 6.45) is 0. The molecule has 0 aliphatic heterocycles. The topological polar surface area (TPSA) is 74.2 Å². The monoisotopic (exact) mass is 323 g/mol. The van der Waals surface area contributed by atoms with Crippen molar-refractivity contribution in [3.8, 4) is 28.1 Å². The van der Waals surface area contributed by atoms with Crippen LogP contribution in [0.15, 0.2) is 54.6 Å². The number of hydrogen-bond donors (Lipinski definition) is 2. The first-order valence-corrected chi connectivity index (χ1v) is 7.52. The molecule has 0 unspecified atom stereocenters. The second-order valence-electron chi connectivity index (χ2n) is 5.36. The molecule has 0 saturated carbocycles. The number of nitrogen functional groups attached to an aromatic ring is 1. The third-order valence-electron chi connectivity index (χ3n) is 3.88. The number of nitrogens with two attached hydrogens (primary N) is 2. The number of ether oxygens (including phenoxy) is 1. The molecule has 0 aliphatic rings. The quantitative estimate of drug-likeness (QED) is 0.769. The summed E-state index contributed by atoms with van der Waals surface area (Å²) in [6, 6.07) is 15.7. The third-order valence-corrected chi connectivity index (χ3v) is 3.88. The Morgan fingerprint density at radius 3 is 2.42 bits per heavy atom. The summed E-state index contributed by atoms with van der Waals surface area (Å²) >= 11 is 0. The van der Waals surface area contributed by atoms with E-state index in [4.69, 9.17) is 16.2 Å². The highest BCUT2D eigenvalue weighted by atomic mass is 19.1. The van der Waals surface area contributed by atoms with E-state index in [2.05, 4.69) is 4.98 Å². The van der Waals surface area contributed by atoms with E-state index in [0.29, 0.717) is 17.1 Å². The van der Waals surface area contributed by atoms with Crippen molar-refractivity contribution in [3.05, 3.63) is 66.0 Å². The average molecular weight is 323 g/mol. The van der Waals surface area contributed by atoms with Crippen LogP contribution in [0.4, 0.5) is 10.2 Å².